The highest BCUT2D eigenvalue weighted by molar-refractivity contribution is 7.14. The van der Waals surface area contributed by atoms with Gasteiger partial charge in [0.25, 0.3) is 5.91 Å². The van der Waals surface area contributed by atoms with Gasteiger partial charge in [-0.1, -0.05) is 20.8 Å². The highest BCUT2D eigenvalue weighted by atomic mass is 32.1. The number of carbonyl (C=O) groups is 2. The number of aryl methyl sites for hydroxylation is 1. The van der Waals surface area contributed by atoms with E-state index in [0.717, 1.165) is 5.69 Å². The van der Waals surface area contributed by atoms with E-state index in [1.807, 2.05) is 6.07 Å². The molecule has 0 bridgehead atoms. The van der Waals surface area contributed by atoms with E-state index in [0.29, 0.717) is 10.9 Å². The average Bonchev–Trinajstić information content (AvgIpc) is 2.96. The van der Waals surface area contributed by atoms with Crippen molar-refractivity contribution in [2.45, 2.75) is 33.1 Å². The maximum Gasteiger partial charge on any atom is 0.276 e. The molecule has 0 saturated heterocycles. The fourth-order valence-corrected chi connectivity index (χ4v) is 2.45. The fourth-order valence-electron chi connectivity index (χ4n) is 1.72. The van der Waals surface area contributed by atoms with Crippen LogP contribution in [0.15, 0.2) is 11.4 Å². The monoisotopic (exact) mass is 321 g/mol. The second kappa shape index (κ2) is 5.88. The van der Waals surface area contributed by atoms with Gasteiger partial charge in [-0.15, -0.1) is 11.3 Å². The molecule has 2 rings (SSSR count). The van der Waals surface area contributed by atoms with Crippen LogP contribution in [0.3, 0.4) is 0 Å². The predicted octanol–water partition coefficient (Wildman–Crippen LogP) is 2.38. The molecule has 2 amide bonds. The van der Waals surface area contributed by atoms with Gasteiger partial charge >= 0.3 is 0 Å². The van der Waals surface area contributed by atoms with Gasteiger partial charge in [0.1, 0.15) is 11.5 Å². The molecule has 2 heterocycles. The summed E-state index contributed by atoms with van der Waals surface area (Å²) in [5, 5.41) is 11.7. The summed E-state index contributed by atoms with van der Waals surface area (Å²) < 4.78 is 1.62. The molecule has 0 aliphatic carbocycles. The first-order chi connectivity index (χ1) is 10.2. The molecule has 0 unspecified atom stereocenters. The third-order valence-electron chi connectivity index (χ3n) is 2.91. The number of carbonyl (C=O) groups excluding carboxylic acids is 2. The Labute approximate surface area is 132 Å². The third kappa shape index (κ3) is 3.70. The summed E-state index contributed by atoms with van der Waals surface area (Å²) in [5.74, 6) is 0.0445. The average molecular weight is 321 g/mol. The number of hydrogen-bond acceptors (Lipinski definition) is 5. The van der Waals surface area contributed by atoms with Gasteiger partial charge in [0.15, 0.2) is 5.13 Å². The number of nitrogens with zero attached hydrogens (tertiary/aromatic N) is 3. The molecule has 0 aliphatic rings. The zero-order valence-electron chi connectivity index (χ0n) is 13.2. The van der Waals surface area contributed by atoms with Gasteiger partial charge in [0.05, 0.1) is 5.69 Å². The van der Waals surface area contributed by atoms with Crippen LogP contribution in [0, 0.1) is 0 Å². The van der Waals surface area contributed by atoms with Crippen molar-refractivity contribution in [2.75, 3.05) is 10.6 Å². The minimum absolute atomic E-state index is 0.0973. The van der Waals surface area contributed by atoms with Gasteiger partial charge in [-0.3, -0.25) is 14.3 Å². The lowest BCUT2D eigenvalue weighted by Gasteiger charge is -2.13. The van der Waals surface area contributed by atoms with Crippen molar-refractivity contribution in [3.05, 3.63) is 22.8 Å². The van der Waals surface area contributed by atoms with Crippen LogP contribution in [0.2, 0.25) is 0 Å². The van der Waals surface area contributed by atoms with Gasteiger partial charge in [0, 0.05) is 30.8 Å². The first-order valence-corrected chi connectivity index (χ1v) is 7.64. The summed E-state index contributed by atoms with van der Waals surface area (Å²) in [6.45, 7) is 7.56. The van der Waals surface area contributed by atoms with E-state index in [2.05, 4.69) is 41.5 Å². The summed E-state index contributed by atoms with van der Waals surface area (Å²) in [4.78, 5) is 27.2. The van der Waals surface area contributed by atoms with Crippen LogP contribution in [0.1, 0.15) is 43.9 Å². The largest absolute Gasteiger partial charge is 0.305 e. The molecule has 0 saturated carbocycles. The summed E-state index contributed by atoms with van der Waals surface area (Å²) in [6, 6.07) is 1.85. The molecule has 22 heavy (non-hydrogen) atoms. The fraction of sp³-hybridized carbons (Fsp3) is 0.429. The van der Waals surface area contributed by atoms with Gasteiger partial charge < -0.3 is 10.6 Å². The number of rotatable bonds is 3. The Balaban J connectivity index is 2.14. The molecule has 0 spiro atoms. The Kier molecular flexibility index (Phi) is 4.32. The first-order valence-electron chi connectivity index (χ1n) is 6.76. The van der Waals surface area contributed by atoms with E-state index in [1.54, 1.807) is 17.1 Å². The quantitative estimate of drug-likeness (QED) is 0.908. The predicted molar refractivity (Wildman–Crippen MR) is 86.3 cm³/mol. The molecule has 8 heteroatoms. The number of hydrogen-bond donors (Lipinski definition) is 2. The summed E-state index contributed by atoms with van der Waals surface area (Å²) in [5.41, 5.74) is 1.05. The van der Waals surface area contributed by atoms with Crippen molar-refractivity contribution >= 4 is 34.1 Å². The van der Waals surface area contributed by atoms with Crippen LogP contribution in [-0.4, -0.2) is 26.6 Å². The maximum absolute atomic E-state index is 12.2. The molecular formula is C14H19N5O2S. The third-order valence-corrected chi connectivity index (χ3v) is 3.67. The van der Waals surface area contributed by atoms with Crippen LogP contribution in [0.5, 0.6) is 0 Å². The Bertz CT molecular complexity index is 711. The standard InChI is InChI=1S/C14H19N5O2S/c1-8(20)15-13-16-9(7-22-13)12(21)17-11-6-10(14(2,3)4)18-19(11)5/h6-7H,1-5H3,(H,17,21)(H,15,16,20). The number of anilines is 2. The number of aromatic nitrogens is 3. The molecule has 2 aromatic rings. The minimum Gasteiger partial charge on any atom is -0.305 e. The van der Waals surface area contributed by atoms with E-state index in [-0.39, 0.29) is 22.9 Å². The van der Waals surface area contributed by atoms with E-state index in [4.69, 9.17) is 0 Å². The molecule has 0 aliphatic heterocycles. The van der Waals surface area contributed by atoms with E-state index in [1.165, 1.54) is 18.3 Å². The molecule has 7 nitrogen and oxygen atoms in total. The van der Waals surface area contributed by atoms with E-state index >= 15 is 0 Å². The van der Waals surface area contributed by atoms with Gasteiger partial charge in [-0.05, 0) is 0 Å². The van der Waals surface area contributed by atoms with Crippen LogP contribution in [-0.2, 0) is 17.3 Å². The molecule has 2 aromatic heterocycles. The lowest BCUT2D eigenvalue weighted by atomic mass is 9.92. The van der Waals surface area contributed by atoms with Crippen LogP contribution in [0.25, 0.3) is 0 Å². The molecule has 0 atom stereocenters. The van der Waals surface area contributed by atoms with Crippen LogP contribution < -0.4 is 10.6 Å². The summed E-state index contributed by atoms with van der Waals surface area (Å²) in [6.07, 6.45) is 0. The van der Waals surface area contributed by atoms with Crippen molar-refractivity contribution in [1.29, 1.82) is 0 Å². The minimum atomic E-state index is -0.337. The zero-order valence-corrected chi connectivity index (χ0v) is 14.0. The van der Waals surface area contributed by atoms with Crippen LogP contribution >= 0.6 is 11.3 Å². The summed E-state index contributed by atoms with van der Waals surface area (Å²) >= 11 is 1.20. The number of amides is 2. The normalized spacial score (nSPS) is 11.3. The van der Waals surface area contributed by atoms with E-state index < -0.39 is 0 Å². The smallest absolute Gasteiger partial charge is 0.276 e. The molecule has 0 aromatic carbocycles. The Morgan fingerprint density at radius 2 is 1.95 bits per heavy atom. The van der Waals surface area contributed by atoms with Gasteiger partial charge in [0.2, 0.25) is 5.91 Å². The Hall–Kier alpha value is -2.22. The topological polar surface area (TPSA) is 88.9 Å². The first kappa shape index (κ1) is 16.2. The second-order valence-electron chi connectivity index (χ2n) is 5.96. The second-order valence-corrected chi connectivity index (χ2v) is 6.82. The molecule has 0 fully saturated rings. The van der Waals surface area contributed by atoms with Crippen molar-refractivity contribution < 1.29 is 9.59 Å². The zero-order chi connectivity index (χ0) is 16.5. The maximum atomic E-state index is 12.2. The lowest BCUT2D eigenvalue weighted by molar-refractivity contribution is -0.114. The van der Waals surface area contributed by atoms with Gasteiger partial charge in [-0.2, -0.15) is 5.10 Å². The van der Waals surface area contributed by atoms with Crippen LogP contribution in [0.4, 0.5) is 10.9 Å². The SMILES string of the molecule is CC(=O)Nc1nc(C(=O)Nc2cc(C(C)(C)C)nn2C)cs1. The van der Waals surface area contributed by atoms with Crippen molar-refractivity contribution in [3.63, 3.8) is 0 Å². The van der Waals surface area contributed by atoms with Crippen molar-refractivity contribution in [1.82, 2.24) is 14.8 Å². The van der Waals surface area contributed by atoms with Crippen molar-refractivity contribution in [2.24, 2.45) is 7.05 Å². The summed E-state index contributed by atoms with van der Waals surface area (Å²) in [7, 11) is 1.77. The number of nitrogens with one attached hydrogen (secondary N) is 2. The molecule has 118 valence electrons. The highest BCUT2D eigenvalue weighted by Gasteiger charge is 2.20. The van der Waals surface area contributed by atoms with Gasteiger partial charge in [-0.25, -0.2) is 4.98 Å². The molecule has 2 N–H and O–H groups in total. The Morgan fingerprint density at radius 1 is 1.27 bits per heavy atom. The Morgan fingerprint density at radius 3 is 2.50 bits per heavy atom. The van der Waals surface area contributed by atoms with E-state index in [9.17, 15) is 9.59 Å². The highest BCUT2D eigenvalue weighted by Crippen LogP contribution is 2.24. The van der Waals surface area contributed by atoms with Crippen molar-refractivity contribution in [3.8, 4) is 0 Å². The number of thiazole rings is 1. The lowest BCUT2D eigenvalue weighted by Crippen LogP contribution is -2.15. The molecular weight excluding hydrogens is 302 g/mol. The molecule has 0 radical (unpaired) electrons.